The lowest BCUT2D eigenvalue weighted by Crippen LogP contribution is -2.49. The minimum atomic E-state index is -3.74. The summed E-state index contributed by atoms with van der Waals surface area (Å²) >= 11 is 6.09. The summed E-state index contributed by atoms with van der Waals surface area (Å²) in [5, 5.41) is 2.91. The average Bonchev–Trinajstić information content (AvgIpc) is 2.58. The summed E-state index contributed by atoms with van der Waals surface area (Å²) in [6.45, 7) is 5.91. The van der Waals surface area contributed by atoms with E-state index in [0.29, 0.717) is 18.7 Å². The molecule has 27 heavy (non-hydrogen) atoms. The highest BCUT2D eigenvalue weighted by Crippen LogP contribution is 2.31. The van der Waals surface area contributed by atoms with Crippen molar-refractivity contribution >= 4 is 27.7 Å². The number of carbonyl (C=O) groups excluding carboxylic acids is 1. The second-order valence-electron chi connectivity index (χ2n) is 7.44. The molecule has 1 aliphatic rings. The monoisotopic (exact) mass is 418 g/mol. The van der Waals surface area contributed by atoms with Gasteiger partial charge in [-0.05, 0) is 51.8 Å². The van der Waals surface area contributed by atoms with Gasteiger partial charge in [0.15, 0.2) is 0 Å². The standard InChI is InChI=1S/C18H27ClN2O5S/c1-18(2,3)26-17(22)20-12-13-7-5-6-10-21(13)27(23,24)14-8-9-16(25-4)15(19)11-14/h8-9,11,13H,5-7,10,12H2,1-4H3,(H,20,22). The number of sulfonamides is 1. The van der Waals surface area contributed by atoms with E-state index >= 15 is 0 Å². The fraction of sp³-hybridized carbons (Fsp3) is 0.611. The van der Waals surface area contributed by atoms with Crippen LogP contribution in [0.4, 0.5) is 4.79 Å². The van der Waals surface area contributed by atoms with E-state index in [9.17, 15) is 13.2 Å². The first kappa shape index (κ1) is 21.8. The quantitative estimate of drug-likeness (QED) is 0.791. The lowest BCUT2D eigenvalue weighted by Gasteiger charge is -2.35. The fourth-order valence-corrected chi connectivity index (χ4v) is 4.99. The number of nitrogens with one attached hydrogen (secondary N) is 1. The third-order valence-electron chi connectivity index (χ3n) is 4.18. The first-order valence-corrected chi connectivity index (χ1v) is 10.7. The number of methoxy groups -OCH3 is 1. The van der Waals surface area contributed by atoms with Gasteiger partial charge >= 0.3 is 6.09 Å². The Morgan fingerprint density at radius 3 is 2.63 bits per heavy atom. The van der Waals surface area contributed by atoms with Gasteiger partial charge in [0.2, 0.25) is 10.0 Å². The molecule has 1 aromatic carbocycles. The molecule has 1 aliphatic heterocycles. The SMILES string of the molecule is COc1ccc(S(=O)(=O)N2CCCCC2CNC(=O)OC(C)(C)C)cc1Cl. The number of nitrogens with zero attached hydrogens (tertiary/aromatic N) is 1. The highest BCUT2D eigenvalue weighted by molar-refractivity contribution is 7.89. The van der Waals surface area contributed by atoms with Crippen molar-refractivity contribution in [3.63, 3.8) is 0 Å². The molecule has 1 fully saturated rings. The minimum absolute atomic E-state index is 0.109. The Morgan fingerprint density at radius 2 is 2.04 bits per heavy atom. The van der Waals surface area contributed by atoms with E-state index in [2.05, 4.69) is 5.32 Å². The molecule has 0 spiro atoms. The molecule has 0 aliphatic carbocycles. The van der Waals surface area contributed by atoms with Crippen LogP contribution in [0, 0.1) is 0 Å². The number of ether oxygens (including phenoxy) is 2. The Kier molecular flexibility index (Phi) is 6.99. The summed E-state index contributed by atoms with van der Waals surface area (Å²) < 4.78 is 38.0. The van der Waals surface area contributed by atoms with E-state index < -0.39 is 21.7 Å². The number of benzene rings is 1. The van der Waals surface area contributed by atoms with Crippen LogP contribution in [0.3, 0.4) is 0 Å². The number of halogens is 1. The van der Waals surface area contributed by atoms with Crippen LogP contribution < -0.4 is 10.1 Å². The van der Waals surface area contributed by atoms with Gasteiger partial charge in [-0.1, -0.05) is 18.0 Å². The van der Waals surface area contributed by atoms with Crippen molar-refractivity contribution in [1.29, 1.82) is 0 Å². The van der Waals surface area contributed by atoms with Crippen LogP contribution in [-0.4, -0.2) is 50.7 Å². The molecule has 1 N–H and O–H groups in total. The maximum atomic E-state index is 13.1. The van der Waals surface area contributed by atoms with Crippen molar-refractivity contribution in [1.82, 2.24) is 9.62 Å². The maximum Gasteiger partial charge on any atom is 0.407 e. The highest BCUT2D eigenvalue weighted by atomic mass is 35.5. The molecule has 1 amide bonds. The van der Waals surface area contributed by atoms with Gasteiger partial charge in [-0.3, -0.25) is 0 Å². The third kappa shape index (κ3) is 5.73. The van der Waals surface area contributed by atoms with E-state index in [4.69, 9.17) is 21.1 Å². The summed E-state index contributed by atoms with van der Waals surface area (Å²) in [7, 11) is -2.27. The first-order valence-electron chi connectivity index (χ1n) is 8.87. The van der Waals surface area contributed by atoms with Crippen LogP contribution in [-0.2, 0) is 14.8 Å². The molecule has 1 aromatic rings. The second kappa shape index (κ2) is 8.67. The Balaban J connectivity index is 2.15. The summed E-state index contributed by atoms with van der Waals surface area (Å²) in [6, 6.07) is 4.07. The average molecular weight is 419 g/mol. The molecule has 1 atom stereocenters. The lowest BCUT2D eigenvalue weighted by atomic mass is 10.1. The highest BCUT2D eigenvalue weighted by Gasteiger charge is 2.34. The zero-order chi connectivity index (χ0) is 20.2. The molecule has 1 heterocycles. The largest absolute Gasteiger partial charge is 0.495 e. The Bertz CT molecular complexity index is 776. The van der Waals surface area contributed by atoms with E-state index in [1.807, 2.05) is 0 Å². The van der Waals surface area contributed by atoms with Gasteiger partial charge in [0.1, 0.15) is 11.4 Å². The molecule has 0 aromatic heterocycles. The number of piperidine rings is 1. The number of rotatable bonds is 5. The molecule has 152 valence electrons. The molecular weight excluding hydrogens is 392 g/mol. The van der Waals surface area contributed by atoms with Crippen LogP contribution in [0.2, 0.25) is 5.02 Å². The van der Waals surface area contributed by atoms with Gasteiger partial charge in [0.05, 0.1) is 17.0 Å². The molecule has 1 saturated heterocycles. The Labute approximate surface area is 166 Å². The number of hydrogen-bond acceptors (Lipinski definition) is 5. The van der Waals surface area contributed by atoms with Crippen molar-refractivity contribution < 1.29 is 22.7 Å². The third-order valence-corrected chi connectivity index (χ3v) is 6.43. The number of hydrogen-bond donors (Lipinski definition) is 1. The summed E-state index contributed by atoms with van der Waals surface area (Å²) in [4.78, 5) is 12.0. The van der Waals surface area contributed by atoms with Gasteiger partial charge in [0, 0.05) is 19.1 Å². The molecule has 0 radical (unpaired) electrons. The molecular formula is C18H27ClN2O5S. The molecule has 9 heteroatoms. The minimum Gasteiger partial charge on any atom is -0.495 e. The van der Waals surface area contributed by atoms with Crippen molar-refractivity contribution in [2.45, 2.75) is 56.6 Å². The van der Waals surface area contributed by atoms with E-state index in [-0.39, 0.29) is 22.5 Å². The lowest BCUT2D eigenvalue weighted by molar-refractivity contribution is 0.0512. The number of alkyl carbamates (subject to hydrolysis) is 1. The fourth-order valence-electron chi connectivity index (χ4n) is 2.95. The van der Waals surface area contributed by atoms with Crippen molar-refractivity contribution in [2.24, 2.45) is 0 Å². The van der Waals surface area contributed by atoms with Gasteiger partial charge in [-0.25, -0.2) is 13.2 Å². The predicted octanol–water partition coefficient (Wildman–Crippen LogP) is 3.42. The van der Waals surface area contributed by atoms with E-state index in [1.165, 1.54) is 29.6 Å². The van der Waals surface area contributed by atoms with Crippen LogP contribution in [0.25, 0.3) is 0 Å². The van der Waals surface area contributed by atoms with Crippen LogP contribution in [0.15, 0.2) is 23.1 Å². The molecule has 1 unspecified atom stereocenters. The maximum absolute atomic E-state index is 13.1. The summed E-state index contributed by atoms with van der Waals surface area (Å²) in [5.74, 6) is 0.414. The number of carbonyl (C=O) groups is 1. The number of amides is 1. The Morgan fingerprint density at radius 1 is 1.33 bits per heavy atom. The topological polar surface area (TPSA) is 84.9 Å². The van der Waals surface area contributed by atoms with Crippen LogP contribution in [0.1, 0.15) is 40.0 Å². The zero-order valence-electron chi connectivity index (χ0n) is 16.1. The van der Waals surface area contributed by atoms with Gasteiger partial charge in [-0.15, -0.1) is 0 Å². The molecule has 2 rings (SSSR count). The zero-order valence-corrected chi connectivity index (χ0v) is 17.7. The second-order valence-corrected chi connectivity index (χ2v) is 9.74. The first-order chi connectivity index (χ1) is 12.5. The predicted molar refractivity (Wildman–Crippen MR) is 104 cm³/mol. The molecule has 7 nitrogen and oxygen atoms in total. The van der Waals surface area contributed by atoms with Gasteiger partial charge in [0.25, 0.3) is 0 Å². The normalized spacial score (nSPS) is 18.8. The van der Waals surface area contributed by atoms with E-state index in [1.54, 1.807) is 20.8 Å². The van der Waals surface area contributed by atoms with Crippen molar-refractivity contribution in [3.8, 4) is 5.75 Å². The Hall–Kier alpha value is -1.51. The molecule has 0 saturated carbocycles. The van der Waals surface area contributed by atoms with Crippen LogP contribution in [0.5, 0.6) is 5.75 Å². The molecule has 0 bridgehead atoms. The van der Waals surface area contributed by atoms with Gasteiger partial charge in [-0.2, -0.15) is 4.31 Å². The van der Waals surface area contributed by atoms with E-state index in [0.717, 1.165) is 12.8 Å². The van der Waals surface area contributed by atoms with Crippen molar-refractivity contribution in [2.75, 3.05) is 20.2 Å². The van der Waals surface area contributed by atoms with Gasteiger partial charge < -0.3 is 14.8 Å². The smallest absolute Gasteiger partial charge is 0.407 e. The summed E-state index contributed by atoms with van der Waals surface area (Å²) in [6.07, 6.45) is 1.78. The summed E-state index contributed by atoms with van der Waals surface area (Å²) in [5.41, 5.74) is -0.609. The van der Waals surface area contributed by atoms with Crippen molar-refractivity contribution in [3.05, 3.63) is 23.2 Å². The van der Waals surface area contributed by atoms with Crippen LogP contribution >= 0.6 is 11.6 Å².